The monoisotopic (exact) mass is 530 g/mol. The van der Waals surface area contributed by atoms with Gasteiger partial charge in [-0.15, -0.1) is 0 Å². The van der Waals surface area contributed by atoms with Crippen molar-refractivity contribution in [2.75, 3.05) is 24.3 Å². The smallest absolute Gasteiger partial charge is 0.411 e. The van der Waals surface area contributed by atoms with Gasteiger partial charge in [-0.1, -0.05) is 12.2 Å². The van der Waals surface area contributed by atoms with Crippen molar-refractivity contribution >= 4 is 29.3 Å². The number of allylic oxidation sites excluding steroid dienone is 1. The van der Waals surface area contributed by atoms with Gasteiger partial charge in [0.25, 0.3) is 5.91 Å². The van der Waals surface area contributed by atoms with Gasteiger partial charge < -0.3 is 26.1 Å². The molecule has 6 N–H and O–H groups in total. The Morgan fingerprint density at radius 3 is 2.68 bits per heavy atom. The van der Waals surface area contributed by atoms with Crippen LogP contribution in [0.3, 0.4) is 0 Å². The molecule has 38 heavy (non-hydrogen) atoms. The Morgan fingerprint density at radius 2 is 1.97 bits per heavy atom. The molecule has 10 nitrogen and oxygen atoms in total. The number of aromatic amines is 1. The van der Waals surface area contributed by atoms with E-state index in [1.54, 1.807) is 6.07 Å². The summed E-state index contributed by atoms with van der Waals surface area (Å²) in [6.07, 6.45) is 6.16. The molecule has 204 valence electrons. The number of nitrogens with two attached hydrogens (primary N) is 1. The summed E-state index contributed by atoms with van der Waals surface area (Å²) in [5.74, 6) is -4.55. The van der Waals surface area contributed by atoms with Gasteiger partial charge in [-0.25, -0.2) is 9.78 Å². The third-order valence-corrected chi connectivity index (χ3v) is 7.03. The first-order valence-corrected chi connectivity index (χ1v) is 12.6. The van der Waals surface area contributed by atoms with Crippen molar-refractivity contribution in [3.63, 3.8) is 0 Å². The van der Waals surface area contributed by atoms with Gasteiger partial charge in [-0.3, -0.25) is 14.9 Å². The van der Waals surface area contributed by atoms with Gasteiger partial charge in [0.1, 0.15) is 5.82 Å². The average molecular weight is 531 g/mol. The fourth-order valence-corrected chi connectivity index (χ4v) is 4.74. The molecule has 0 saturated heterocycles. The van der Waals surface area contributed by atoms with E-state index in [1.165, 1.54) is 37.6 Å². The third-order valence-electron chi connectivity index (χ3n) is 7.03. The van der Waals surface area contributed by atoms with E-state index in [0.29, 0.717) is 29.5 Å². The van der Waals surface area contributed by atoms with E-state index >= 15 is 0 Å². The number of nitrogens with one attached hydrogen (secondary N) is 4. The minimum atomic E-state index is -3.69. The normalized spacial score (nSPS) is 23.9. The van der Waals surface area contributed by atoms with Crippen molar-refractivity contribution in [3.8, 4) is 11.3 Å². The number of hydrogen-bond acceptors (Lipinski definition) is 6. The number of imidazole rings is 1. The Bertz CT molecular complexity index is 1210. The number of ether oxygens (including phenoxy) is 1. The molecule has 1 atom stereocenters. The summed E-state index contributed by atoms with van der Waals surface area (Å²) >= 11 is 0. The van der Waals surface area contributed by atoms with Crippen LogP contribution < -0.4 is 21.7 Å². The second-order valence-corrected chi connectivity index (χ2v) is 9.64. The summed E-state index contributed by atoms with van der Waals surface area (Å²) in [6.45, 7) is 0.612. The number of hydrogen-bond donors (Lipinski definition) is 5. The molecule has 0 unspecified atom stereocenters. The molecule has 0 radical (unpaired) electrons. The van der Waals surface area contributed by atoms with E-state index in [0.717, 1.165) is 25.7 Å². The molecule has 3 amide bonds. The zero-order valence-corrected chi connectivity index (χ0v) is 21.1. The quantitative estimate of drug-likeness (QED) is 0.376. The van der Waals surface area contributed by atoms with Gasteiger partial charge in [0.05, 0.1) is 30.7 Å². The highest BCUT2D eigenvalue weighted by molar-refractivity contribution is 6.00. The molecule has 1 aromatic heterocycles. The number of rotatable bonds is 4. The van der Waals surface area contributed by atoms with Crippen molar-refractivity contribution < 1.29 is 27.9 Å². The number of amides is 3. The van der Waals surface area contributed by atoms with Crippen molar-refractivity contribution in [1.82, 2.24) is 15.3 Å². The lowest BCUT2D eigenvalue weighted by Gasteiger charge is -2.28. The highest BCUT2D eigenvalue weighted by Crippen LogP contribution is 2.34. The molecule has 0 spiro atoms. The van der Waals surface area contributed by atoms with Crippen LogP contribution in [0.25, 0.3) is 11.3 Å². The Hall–Kier alpha value is -3.80. The maximum Gasteiger partial charge on any atom is 0.411 e. The first-order chi connectivity index (χ1) is 18.2. The molecule has 2 aromatic rings. The van der Waals surface area contributed by atoms with E-state index in [4.69, 9.17) is 5.73 Å². The summed E-state index contributed by atoms with van der Waals surface area (Å²) < 4.78 is 33.9. The zero-order valence-electron chi connectivity index (χ0n) is 21.1. The van der Waals surface area contributed by atoms with Crippen LogP contribution >= 0.6 is 0 Å². The fraction of sp³-hybridized carbons (Fsp3) is 0.462. The number of aromatic nitrogens is 2. The Balaban J connectivity index is 1.64. The third kappa shape index (κ3) is 6.36. The molecule has 1 aliphatic carbocycles. The van der Waals surface area contributed by atoms with Crippen molar-refractivity contribution in [1.29, 1.82) is 0 Å². The highest BCUT2D eigenvalue weighted by atomic mass is 19.3. The van der Waals surface area contributed by atoms with Crippen molar-refractivity contribution in [2.45, 2.75) is 50.5 Å². The number of alkyl halides is 2. The molecule has 2 aliphatic rings. The number of benzene rings is 1. The van der Waals surface area contributed by atoms with Crippen LogP contribution in [-0.2, 0) is 14.3 Å². The van der Waals surface area contributed by atoms with E-state index in [9.17, 15) is 23.2 Å². The van der Waals surface area contributed by atoms with Crippen molar-refractivity contribution in [3.05, 3.63) is 42.4 Å². The van der Waals surface area contributed by atoms with Crippen LogP contribution in [0.2, 0.25) is 0 Å². The molecular formula is C26H32F2N6O4. The van der Waals surface area contributed by atoms with Crippen LogP contribution in [0.1, 0.15) is 50.4 Å². The lowest BCUT2D eigenvalue weighted by Crippen LogP contribution is -2.36. The topological polar surface area (TPSA) is 151 Å². The largest absolute Gasteiger partial charge is 0.453 e. The molecule has 1 saturated carbocycles. The standard InChI is InChI=1S/C26H32F2N6O4/c1-38-25(37)31-17-9-10-18-20(12-17)34-24(36)26(27,28)11-3-2-4-19(22-30-14-21(18)32-22)33-23(35)16-7-5-15(13-29)6-8-16/h2-3,9-10,12,14-16,19H,4-8,11,13,29H2,1H3,(H,30,32)(H,31,37)(H,33,35)(H,34,36)/b3-2-/t15?,16?,19-/m0/s1. The first-order valence-electron chi connectivity index (χ1n) is 12.6. The minimum absolute atomic E-state index is 0.0410. The van der Waals surface area contributed by atoms with Crippen LogP contribution in [0, 0.1) is 11.8 Å². The highest BCUT2D eigenvalue weighted by Gasteiger charge is 2.38. The number of anilines is 2. The van der Waals surface area contributed by atoms with E-state index in [-0.39, 0.29) is 29.6 Å². The zero-order chi connectivity index (χ0) is 27.3. The molecule has 1 aromatic carbocycles. The summed E-state index contributed by atoms with van der Waals surface area (Å²) in [5, 5.41) is 7.75. The number of methoxy groups -OCH3 is 1. The Kier molecular flexibility index (Phi) is 8.40. The van der Waals surface area contributed by atoms with Gasteiger partial charge in [0, 0.05) is 23.6 Å². The number of halogens is 2. The van der Waals surface area contributed by atoms with E-state index < -0.39 is 30.4 Å². The molecule has 12 heteroatoms. The van der Waals surface area contributed by atoms with E-state index in [2.05, 4.69) is 30.7 Å². The predicted octanol–water partition coefficient (Wildman–Crippen LogP) is 4.10. The van der Waals surface area contributed by atoms with Gasteiger partial charge >= 0.3 is 12.0 Å². The van der Waals surface area contributed by atoms with Gasteiger partial charge in [-0.05, 0) is 62.8 Å². The molecule has 2 heterocycles. The van der Waals surface area contributed by atoms with Crippen molar-refractivity contribution in [2.24, 2.45) is 17.6 Å². The van der Waals surface area contributed by atoms with Gasteiger partial charge in [0.2, 0.25) is 5.91 Å². The Morgan fingerprint density at radius 1 is 1.21 bits per heavy atom. The number of H-pyrrole nitrogens is 1. The summed E-state index contributed by atoms with van der Waals surface area (Å²) in [4.78, 5) is 44.8. The number of carbonyl (C=O) groups is 3. The van der Waals surface area contributed by atoms with E-state index in [1.807, 2.05) is 0 Å². The second kappa shape index (κ2) is 11.7. The molecule has 4 rings (SSSR count). The average Bonchev–Trinajstić information content (AvgIpc) is 3.40. The molecule has 1 fully saturated rings. The number of carbonyl (C=O) groups excluding carboxylic acids is 3. The first kappa shape index (κ1) is 27.2. The lowest BCUT2D eigenvalue weighted by atomic mass is 9.81. The van der Waals surface area contributed by atoms with Gasteiger partial charge in [0.15, 0.2) is 0 Å². The summed E-state index contributed by atoms with van der Waals surface area (Å²) in [5.41, 5.74) is 6.86. The molecule has 1 aliphatic heterocycles. The molecule has 2 bridgehead atoms. The van der Waals surface area contributed by atoms with Crippen LogP contribution in [0.5, 0.6) is 0 Å². The summed E-state index contributed by atoms with van der Waals surface area (Å²) in [6, 6.07) is 3.86. The van der Waals surface area contributed by atoms with Crippen LogP contribution in [0.4, 0.5) is 25.0 Å². The van der Waals surface area contributed by atoms with Crippen LogP contribution in [-0.4, -0.2) is 47.5 Å². The SMILES string of the molecule is COC(=O)Nc1ccc2c(c1)NC(=O)C(F)(F)C/C=C\C[C@H](NC(=O)C1CCC(CN)CC1)c1ncc-2[nH]1. The predicted molar refractivity (Wildman–Crippen MR) is 137 cm³/mol. The Labute approximate surface area is 218 Å². The molecular weight excluding hydrogens is 498 g/mol. The van der Waals surface area contributed by atoms with Gasteiger partial charge in [-0.2, -0.15) is 8.78 Å². The number of nitrogens with zero attached hydrogens (tertiary/aromatic N) is 1. The lowest BCUT2D eigenvalue weighted by molar-refractivity contribution is -0.139. The minimum Gasteiger partial charge on any atom is -0.453 e. The summed E-state index contributed by atoms with van der Waals surface area (Å²) in [7, 11) is 1.19. The maximum absolute atomic E-state index is 14.7. The fourth-order valence-electron chi connectivity index (χ4n) is 4.74. The van der Waals surface area contributed by atoms with Crippen LogP contribution in [0.15, 0.2) is 36.5 Å². The number of fused-ring (bicyclic) bond motifs is 4. The maximum atomic E-state index is 14.7. The second-order valence-electron chi connectivity index (χ2n) is 9.64.